The Labute approximate surface area is 231 Å². The lowest BCUT2D eigenvalue weighted by Crippen LogP contribution is -2.45. The summed E-state index contributed by atoms with van der Waals surface area (Å²) < 4.78 is 6.99. The lowest BCUT2D eigenvalue weighted by Gasteiger charge is -2.30. The van der Waals surface area contributed by atoms with Gasteiger partial charge in [-0.15, -0.1) is 0 Å². The molecule has 198 valence electrons. The minimum Gasteiger partial charge on any atom is -0.497 e. The molecule has 0 radical (unpaired) electrons. The predicted molar refractivity (Wildman–Crippen MR) is 148 cm³/mol. The zero-order valence-corrected chi connectivity index (χ0v) is 22.8. The van der Waals surface area contributed by atoms with Gasteiger partial charge in [0.15, 0.2) is 5.69 Å². The number of fused-ring (bicyclic) bond motifs is 1. The summed E-state index contributed by atoms with van der Waals surface area (Å²) in [6.45, 7) is 3.74. The molecule has 2 aliphatic heterocycles. The van der Waals surface area contributed by atoms with Gasteiger partial charge in [-0.05, 0) is 60.4 Å². The Morgan fingerprint density at radius 3 is 2.42 bits per heavy atom. The molecule has 5 rings (SSSR count). The average Bonchev–Trinajstić information content (AvgIpc) is 3.29. The van der Waals surface area contributed by atoms with E-state index in [4.69, 9.17) is 33.0 Å². The number of hydrogen-bond donors (Lipinski definition) is 1. The van der Waals surface area contributed by atoms with Gasteiger partial charge in [-0.3, -0.25) is 15.0 Å². The Balaban J connectivity index is 1.66. The van der Waals surface area contributed by atoms with E-state index in [1.54, 1.807) is 34.9 Å². The number of nitrogens with one attached hydrogen (secondary N) is 1. The third-order valence-corrected chi connectivity index (χ3v) is 7.41. The van der Waals surface area contributed by atoms with E-state index < -0.39 is 0 Å². The fourth-order valence-corrected chi connectivity index (χ4v) is 5.40. The summed E-state index contributed by atoms with van der Waals surface area (Å²) in [6, 6.07) is 12.8. The molecule has 1 fully saturated rings. The smallest absolute Gasteiger partial charge is 0.286 e. The van der Waals surface area contributed by atoms with Crippen molar-refractivity contribution in [1.82, 2.24) is 25.1 Å². The highest BCUT2D eigenvalue weighted by molar-refractivity contribution is 6.35. The predicted octanol–water partition coefficient (Wildman–Crippen LogP) is 5.22. The van der Waals surface area contributed by atoms with Crippen molar-refractivity contribution in [3.8, 4) is 11.4 Å². The summed E-state index contributed by atoms with van der Waals surface area (Å²) in [5.41, 5.74) is 7.06. The van der Waals surface area contributed by atoms with Gasteiger partial charge in [-0.2, -0.15) is 5.10 Å². The molecule has 3 heterocycles. The normalized spacial score (nSPS) is 16.8. The van der Waals surface area contributed by atoms with E-state index in [1.165, 1.54) is 6.92 Å². The number of rotatable bonds is 5. The molecule has 0 bridgehead atoms. The molecule has 0 spiro atoms. The Hall–Kier alpha value is -3.33. The number of aromatic nitrogens is 2. The van der Waals surface area contributed by atoms with Crippen LogP contribution in [0.25, 0.3) is 17.3 Å². The summed E-state index contributed by atoms with van der Waals surface area (Å²) in [5, 5.41) is 7.63. The number of amides is 2. The molecule has 0 unspecified atom stereocenters. The second-order valence-corrected chi connectivity index (χ2v) is 10.3. The van der Waals surface area contributed by atoms with Crippen molar-refractivity contribution in [2.24, 2.45) is 0 Å². The van der Waals surface area contributed by atoms with E-state index in [-0.39, 0.29) is 24.1 Å². The third kappa shape index (κ3) is 5.43. The lowest BCUT2D eigenvalue weighted by atomic mass is 9.97. The van der Waals surface area contributed by atoms with Crippen molar-refractivity contribution in [2.75, 3.05) is 26.7 Å². The SMILES string of the molecule is COc1ccc(C=C2CN(C(C)=O)Cc3c(C(=O)NN4CCCCC4)nn(-c4ccc(Cl)cc4Cl)c32)cc1. The molecule has 1 saturated heterocycles. The molecule has 38 heavy (non-hydrogen) atoms. The summed E-state index contributed by atoms with van der Waals surface area (Å²) in [5.74, 6) is 0.355. The van der Waals surface area contributed by atoms with Gasteiger partial charge in [0.1, 0.15) is 5.75 Å². The molecule has 0 saturated carbocycles. The zero-order valence-electron chi connectivity index (χ0n) is 21.3. The molecule has 3 aromatic rings. The van der Waals surface area contributed by atoms with Crippen LogP contribution in [-0.4, -0.2) is 58.2 Å². The molecule has 10 heteroatoms. The largest absolute Gasteiger partial charge is 0.497 e. The van der Waals surface area contributed by atoms with Crippen LogP contribution in [-0.2, 0) is 11.3 Å². The first kappa shape index (κ1) is 26.3. The molecular weight excluding hydrogens is 525 g/mol. The van der Waals surface area contributed by atoms with Gasteiger partial charge >= 0.3 is 0 Å². The number of benzene rings is 2. The van der Waals surface area contributed by atoms with Gasteiger partial charge in [0.25, 0.3) is 5.91 Å². The first-order valence-corrected chi connectivity index (χ1v) is 13.3. The van der Waals surface area contributed by atoms with Crippen LogP contribution in [0.5, 0.6) is 5.75 Å². The fraction of sp³-hybridized carbons (Fsp3) is 0.321. The zero-order chi connectivity index (χ0) is 26.8. The van der Waals surface area contributed by atoms with Gasteiger partial charge in [0.2, 0.25) is 5.91 Å². The molecule has 2 aromatic carbocycles. The number of piperidine rings is 1. The van der Waals surface area contributed by atoms with Gasteiger partial charge in [-0.25, -0.2) is 9.69 Å². The van der Waals surface area contributed by atoms with Crippen LogP contribution in [0.3, 0.4) is 0 Å². The highest BCUT2D eigenvalue weighted by Crippen LogP contribution is 2.36. The maximum Gasteiger partial charge on any atom is 0.286 e. The van der Waals surface area contributed by atoms with Crippen LogP contribution in [0.4, 0.5) is 0 Å². The molecule has 2 aliphatic rings. The Morgan fingerprint density at radius 1 is 1.03 bits per heavy atom. The number of carbonyl (C=O) groups excluding carboxylic acids is 2. The Bertz CT molecular complexity index is 1390. The topological polar surface area (TPSA) is 79.7 Å². The van der Waals surface area contributed by atoms with Crippen molar-refractivity contribution in [1.29, 1.82) is 0 Å². The highest BCUT2D eigenvalue weighted by atomic mass is 35.5. The third-order valence-electron chi connectivity index (χ3n) is 6.87. The molecular formula is C28H29Cl2N5O3. The van der Waals surface area contributed by atoms with Crippen LogP contribution in [0, 0.1) is 0 Å². The van der Waals surface area contributed by atoms with Crippen molar-refractivity contribution in [3.63, 3.8) is 0 Å². The number of ether oxygens (including phenoxy) is 1. The van der Waals surface area contributed by atoms with Crippen LogP contribution in [0.2, 0.25) is 10.0 Å². The lowest BCUT2D eigenvalue weighted by molar-refractivity contribution is -0.128. The first-order valence-electron chi connectivity index (χ1n) is 12.6. The number of nitrogens with zero attached hydrogens (tertiary/aromatic N) is 4. The standard InChI is InChI=1S/C28H29Cl2N5O3/c1-18(36)33-16-20(14-19-6-9-22(38-2)10-7-19)27-23(17-33)26(28(37)32-34-12-4-3-5-13-34)31-35(27)25-11-8-21(29)15-24(25)30/h6-11,14-15H,3-5,12-13,16-17H2,1-2H3,(H,32,37). The van der Waals surface area contributed by atoms with Gasteiger partial charge in [-0.1, -0.05) is 41.8 Å². The second-order valence-electron chi connectivity index (χ2n) is 9.49. The second kappa shape index (κ2) is 11.2. The van der Waals surface area contributed by atoms with E-state index in [1.807, 2.05) is 35.4 Å². The van der Waals surface area contributed by atoms with Gasteiger partial charge in [0.05, 0.1) is 30.1 Å². The molecule has 1 N–H and O–H groups in total. The van der Waals surface area contributed by atoms with E-state index >= 15 is 0 Å². The summed E-state index contributed by atoms with van der Waals surface area (Å²) in [7, 11) is 1.62. The maximum absolute atomic E-state index is 13.6. The van der Waals surface area contributed by atoms with E-state index in [2.05, 4.69) is 5.43 Å². The Morgan fingerprint density at radius 2 is 1.76 bits per heavy atom. The summed E-state index contributed by atoms with van der Waals surface area (Å²) in [4.78, 5) is 27.8. The molecule has 1 aromatic heterocycles. The minimum absolute atomic E-state index is 0.0871. The van der Waals surface area contributed by atoms with E-state index in [0.29, 0.717) is 27.8 Å². The van der Waals surface area contributed by atoms with E-state index in [9.17, 15) is 9.59 Å². The maximum atomic E-state index is 13.6. The quantitative estimate of drug-likeness (QED) is 0.468. The molecule has 0 atom stereocenters. The average molecular weight is 554 g/mol. The summed E-state index contributed by atoms with van der Waals surface area (Å²) in [6.07, 6.45) is 5.21. The van der Waals surface area contributed by atoms with Crippen LogP contribution in [0.1, 0.15) is 53.5 Å². The van der Waals surface area contributed by atoms with Crippen molar-refractivity contribution >= 4 is 46.7 Å². The van der Waals surface area contributed by atoms with Gasteiger partial charge < -0.3 is 9.64 Å². The Kier molecular flexibility index (Phi) is 7.74. The van der Waals surface area contributed by atoms with Gasteiger partial charge in [0, 0.05) is 37.1 Å². The molecule has 8 nitrogen and oxygen atoms in total. The van der Waals surface area contributed by atoms with Crippen LogP contribution in [0.15, 0.2) is 42.5 Å². The van der Waals surface area contributed by atoms with Crippen LogP contribution < -0.4 is 10.2 Å². The summed E-state index contributed by atoms with van der Waals surface area (Å²) >= 11 is 12.8. The molecule has 0 aliphatic carbocycles. The number of methoxy groups -OCH3 is 1. The van der Waals surface area contributed by atoms with Crippen molar-refractivity contribution < 1.29 is 14.3 Å². The van der Waals surface area contributed by atoms with Crippen molar-refractivity contribution in [2.45, 2.75) is 32.7 Å². The monoisotopic (exact) mass is 553 g/mol. The first-order chi connectivity index (χ1) is 18.3. The number of hydrogen-bond acceptors (Lipinski definition) is 5. The van der Waals surface area contributed by atoms with Crippen molar-refractivity contribution in [3.05, 3.63) is 75.0 Å². The number of halogens is 2. The number of hydrazine groups is 1. The van der Waals surface area contributed by atoms with Crippen LogP contribution >= 0.6 is 23.2 Å². The molecule has 2 amide bonds. The highest BCUT2D eigenvalue weighted by Gasteiger charge is 2.33. The van der Waals surface area contributed by atoms with E-state index in [0.717, 1.165) is 54.9 Å². The number of carbonyl (C=O) groups is 2. The fourth-order valence-electron chi connectivity index (χ4n) is 4.91. The minimum atomic E-state index is -0.304.